The van der Waals surface area contributed by atoms with Crippen LogP contribution in [-0.4, -0.2) is 62.7 Å². The number of hydrogen-bond donors (Lipinski definition) is 1. The van der Waals surface area contributed by atoms with Crippen molar-refractivity contribution in [2.45, 2.75) is 54.0 Å². The first-order valence-electron chi connectivity index (χ1n) is 8.33. The summed E-state index contributed by atoms with van der Waals surface area (Å²) in [4.78, 5) is 4.91. The van der Waals surface area contributed by atoms with Gasteiger partial charge in [0.1, 0.15) is 0 Å². The van der Waals surface area contributed by atoms with E-state index in [4.69, 9.17) is 0 Å². The number of likely N-dealkylation sites (N-methyl/N-ethyl adjacent to an activating group) is 2. The second-order valence-corrected chi connectivity index (χ2v) is 7.36. The van der Waals surface area contributed by atoms with Crippen LogP contribution in [0.4, 0.5) is 0 Å². The Labute approximate surface area is 128 Å². The monoisotopic (exact) mass is 285 g/mol. The molecule has 0 aliphatic rings. The topological polar surface area (TPSA) is 18.5 Å². The number of nitrogens with zero attached hydrogens (tertiary/aromatic N) is 2. The molecule has 0 rings (SSSR count). The van der Waals surface area contributed by atoms with Crippen molar-refractivity contribution >= 4 is 0 Å². The third-order valence-corrected chi connectivity index (χ3v) is 4.20. The Kier molecular flexibility index (Phi) is 9.69. The van der Waals surface area contributed by atoms with Crippen molar-refractivity contribution in [1.29, 1.82) is 0 Å². The minimum atomic E-state index is 0.367. The minimum absolute atomic E-state index is 0.367. The van der Waals surface area contributed by atoms with Gasteiger partial charge in [-0.3, -0.25) is 4.90 Å². The number of hydrogen-bond acceptors (Lipinski definition) is 3. The molecule has 3 nitrogen and oxygen atoms in total. The molecule has 0 spiro atoms. The molecule has 0 amide bonds. The van der Waals surface area contributed by atoms with E-state index in [0.29, 0.717) is 11.5 Å². The molecule has 0 aliphatic heterocycles. The van der Waals surface area contributed by atoms with E-state index in [2.05, 4.69) is 70.8 Å². The molecular weight excluding hydrogens is 246 g/mol. The fourth-order valence-electron chi connectivity index (χ4n) is 2.67. The Morgan fingerprint density at radius 3 is 2.10 bits per heavy atom. The van der Waals surface area contributed by atoms with Crippen LogP contribution < -0.4 is 5.32 Å². The standard InChI is InChI=1S/C17H39N3/c1-9-17(6,13-18-11-15(3)4)14-20(10-2)16(5)12-19(7)8/h15-16,18H,9-14H2,1-8H3. The van der Waals surface area contributed by atoms with Gasteiger partial charge in [0.25, 0.3) is 0 Å². The summed E-state index contributed by atoms with van der Waals surface area (Å²) in [7, 11) is 4.32. The highest BCUT2D eigenvalue weighted by Crippen LogP contribution is 2.23. The van der Waals surface area contributed by atoms with Gasteiger partial charge in [0.05, 0.1) is 0 Å². The van der Waals surface area contributed by atoms with Crippen molar-refractivity contribution in [2.24, 2.45) is 11.3 Å². The summed E-state index contributed by atoms with van der Waals surface area (Å²) >= 11 is 0. The van der Waals surface area contributed by atoms with E-state index in [1.807, 2.05) is 0 Å². The van der Waals surface area contributed by atoms with Crippen LogP contribution in [0.3, 0.4) is 0 Å². The zero-order chi connectivity index (χ0) is 15.8. The van der Waals surface area contributed by atoms with Gasteiger partial charge in [0, 0.05) is 25.7 Å². The SMILES string of the molecule is CCN(CC(C)(CC)CNCC(C)C)C(C)CN(C)C. The van der Waals surface area contributed by atoms with Crippen LogP contribution in [0, 0.1) is 11.3 Å². The van der Waals surface area contributed by atoms with Gasteiger partial charge < -0.3 is 10.2 Å². The van der Waals surface area contributed by atoms with Gasteiger partial charge in [0.15, 0.2) is 0 Å². The first-order valence-corrected chi connectivity index (χ1v) is 8.33. The summed E-state index contributed by atoms with van der Waals surface area (Å²) in [6.45, 7) is 19.6. The van der Waals surface area contributed by atoms with Crippen LogP contribution in [0.5, 0.6) is 0 Å². The van der Waals surface area contributed by atoms with Crippen LogP contribution >= 0.6 is 0 Å². The number of nitrogens with one attached hydrogen (secondary N) is 1. The third-order valence-electron chi connectivity index (χ3n) is 4.20. The fraction of sp³-hybridized carbons (Fsp3) is 1.00. The maximum Gasteiger partial charge on any atom is 0.0194 e. The quantitative estimate of drug-likeness (QED) is 0.630. The van der Waals surface area contributed by atoms with E-state index in [0.717, 1.165) is 32.1 Å². The zero-order valence-electron chi connectivity index (χ0n) is 15.3. The molecule has 0 aliphatic carbocycles. The first-order chi connectivity index (χ1) is 9.24. The van der Waals surface area contributed by atoms with Crippen LogP contribution in [0.2, 0.25) is 0 Å². The summed E-state index contributed by atoms with van der Waals surface area (Å²) in [6, 6.07) is 0.617. The Hall–Kier alpha value is -0.120. The van der Waals surface area contributed by atoms with Gasteiger partial charge in [0.2, 0.25) is 0 Å². The molecule has 0 saturated heterocycles. The van der Waals surface area contributed by atoms with Crippen molar-refractivity contribution in [3.63, 3.8) is 0 Å². The van der Waals surface area contributed by atoms with Gasteiger partial charge in [-0.25, -0.2) is 0 Å². The van der Waals surface area contributed by atoms with E-state index in [1.54, 1.807) is 0 Å². The minimum Gasteiger partial charge on any atom is -0.316 e. The molecule has 0 heterocycles. The van der Waals surface area contributed by atoms with E-state index >= 15 is 0 Å². The Morgan fingerprint density at radius 1 is 1.10 bits per heavy atom. The molecule has 1 N–H and O–H groups in total. The van der Waals surface area contributed by atoms with Crippen LogP contribution in [0.25, 0.3) is 0 Å². The average Bonchev–Trinajstić information content (AvgIpc) is 2.34. The zero-order valence-corrected chi connectivity index (χ0v) is 15.3. The van der Waals surface area contributed by atoms with Gasteiger partial charge in [-0.15, -0.1) is 0 Å². The van der Waals surface area contributed by atoms with Crippen LogP contribution in [0.15, 0.2) is 0 Å². The normalized spacial score (nSPS) is 16.9. The van der Waals surface area contributed by atoms with E-state index in [-0.39, 0.29) is 0 Å². The fourth-order valence-corrected chi connectivity index (χ4v) is 2.67. The maximum atomic E-state index is 3.65. The van der Waals surface area contributed by atoms with E-state index in [9.17, 15) is 0 Å². The molecule has 0 aromatic carbocycles. The highest BCUT2D eigenvalue weighted by molar-refractivity contribution is 4.82. The molecule has 2 atom stereocenters. The van der Waals surface area contributed by atoms with E-state index in [1.165, 1.54) is 13.0 Å². The van der Waals surface area contributed by atoms with Crippen molar-refractivity contribution in [3.05, 3.63) is 0 Å². The van der Waals surface area contributed by atoms with Gasteiger partial charge >= 0.3 is 0 Å². The second kappa shape index (κ2) is 9.75. The molecule has 0 saturated carbocycles. The first kappa shape index (κ1) is 19.9. The molecule has 0 aromatic rings. The molecule has 0 fully saturated rings. The molecule has 122 valence electrons. The molecule has 0 bridgehead atoms. The Morgan fingerprint density at radius 2 is 1.70 bits per heavy atom. The van der Waals surface area contributed by atoms with Crippen LogP contribution in [0.1, 0.15) is 48.0 Å². The maximum absolute atomic E-state index is 3.65. The highest BCUT2D eigenvalue weighted by atomic mass is 15.2. The molecular formula is C17H39N3. The summed E-state index contributed by atoms with van der Waals surface area (Å²) in [5, 5.41) is 3.65. The molecule has 0 radical (unpaired) electrons. The predicted octanol–water partition coefficient (Wildman–Crippen LogP) is 2.92. The largest absolute Gasteiger partial charge is 0.316 e. The lowest BCUT2D eigenvalue weighted by Crippen LogP contribution is -2.48. The Bertz CT molecular complexity index is 240. The molecule has 3 heteroatoms. The lowest BCUT2D eigenvalue weighted by atomic mass is 9.86. The van der Waals surface area contributed by atoms with Crippen molar-refractivity contribution in [2.75, 3.05) is 46.8 Å². The van der Waals surface area contributed by atoms with Crippen LogP contribution in [-0.2, 0) is 0 Å². The van der Waals surface area contributed by atoms with Gasteiger partial charge in [-0.1, -0.05) is 34.6 Å². The molecule has 2 unspecified atom stereocenters. The Balaban J connectivity index is 4.46. The molecule has 0 aromatic heterocycles. The second-order valence-electron chi connectivity index (χ2n) is 7.36. The lowest BCUT2D eigenvalue weighted by Gasteiger charge is -2.38. The van der Waals surface area contributed by atoms with Crippen molar-refractivity contribution in [3.8, 4) is 0 Å². The van der Waals surface area contributed by atoms with Crippen molar-refractivity contribution in [1.82, 2.24) is 15.1 Å². The highest BCUT2D eigenvalue weighted by Gasteiger charge is 2.26. The molecule has 20 heavy (non-hydrogen) atoms. The third kappa shape index (κ3) is 8.23. The average molecular weight is 286 g/mol. The summed E-state index contributed by atoms with van der Waals surface area (Å²) < 4.78 is 0. The predicted molar refractivity (Wildman–Crippen MR) is 91.4 cm³/mol. The summed E-state index contributed by atoms with van der Waals surface area (Å²) in [5.74, 6) is 0.728. The van der Waals surface area contributed by atoms with Crippen molar-refractivity contribution < 1.29 is 0 Å². The van der Waals surface area contributed by atoms with E-state index < -0.39 is 0 Å². The lowest BCUT2D eigenvalue weighted by molar-refractivity contribution is 0.110. The van der Waals surface area contributed by atoms with Gasteiger partial charge in [-0.05, 0) is 51.9 Å². The summed E-state index contributed by atoms with van der Waals surface area (Å²) in [6.07, 6.45) is 1.23. The van der Waals surface area contributed by atoms with Gasteiger partial charge in [-0.2, -0.15) is 0 Å². The smallest absolute Gasteiger partial charge is 0.0194 e. The summed E-state index contributed by atoms with van der Waals surface area (Å²) in [5.41, 5.74) is 0.367. The number of rotatable bonds is 11.